The maximum atomic E-state index is 13.2. The lowest BCUT2D eigenvalue weighted by Gasteiger charge is -2.17. The third-order valence-electron chi connectivity index (χ3n) is 3.36. The Morgan fingerprint density at radius 3 is 2.52 bits per heavy atom. The van der Waals surface area contributed by atoms with Gasteiger partial charge in [-0.15, -0.1) is 0 Å². The van der Waals surface area contributed by atoms with Gasteiger partial charge in [-0.3, -0.25) is 4.79 Å². The summed E-state index contributed by atoms with van der Waals surface area (Å²) in [5, 5.41) is 9.26. The molecule has 0 saturated heterocycles. The second kappa shape index (κ2) is 5.42. The summed E-state index contributed by atoms with van der Waals surface area (Å²) >= 11 is 0. The number of aromatic nitrogens is 1. The van der Waals surface area contributed by atoms with Crippen LogP contribution >= 0.6 is 0 Å². The number of para-hydroxylation sites is 1. The monoisotopic (exact) mass is 299 g/mol. The molecule has 0 atom stereocenters. The lowest BCUT2D eigenvalue weighted by molar-refractivity contribution is -0.137. The maximum absolute atomic E-state index is 13.2. The van der Waals surface area contributed by atoms with E-state index in [9.17, 15) is 18.0 Å². The Kier molecular flexibility index (Phi) is 3.98. The van der Waals surface area contributed by atoms with E-state index in [1.165, 1.54) is 6.07 Å². The fourth-order valence-corrected chi connectivity index (χ4v) is 2.59. The SMILES string of the molecule is CC(C)n1c(CCC(=O)O)cc2cccc(C(F)(F)F)c21. The minimum absolute atomic E-state index is 0.107. The van der Waals surface area contributed by atoms with E-state index < -0.39 is 17.7 Å². The van der Waals surface area contributed by atoms with Crippen molar-refractivity contribution in [2.45, 2.75) is 38.9 Å². The van der Waals surface area contributed by atoms with E-state index in [0.717, 1.165) is 6.07 Å². The lowest BCUT2D eigenvalue weighted by atomic mass is 10.1. The molecule has 0 saturated carbocycles. The number of carbonyl (C=O) groups is 1. The van der Waals surface area contributed by atoms with Crippen LogP contribution in [-0.2, 0) is 17.4 Å². The molecule has 2 aromatic rings. The Bertz CT molecular complexity index is 671. The molecular weight excluding hydrogens is 283 g/mol. The van der Waals surface area contributed by atoms with Crippen molar-refractivity contribution < 1.29 is 23.1 Å². The minimum atomic E-state index is -4.44. The van der Waals surface area contributed by atoms with Crippen LogP contribution in [0.3, 0.4) is 0 Å². The Morgan fingerprint density at radius 2 is 2.00 bits per heavy atom. The summed E-state index contributed by atoms with van der Waals surface area (Å²) in [6.07, 6.45) is -4.33. The molecule has 3 nitrogen and oxygen atoms in total. The van der Waals surface area contributed by atoms with Gasteiger partial charge in [-0.05, 0) is 32.4 Å². The standard InChI is InChI=1S/C15H16F3NO2/c1-9(2)19-11(6-7-13(20)21)8-10-4-3-5-12(14(10)19)15(16,17)18/h3-5,8-9H,6-7H2,1-2H3,(H,20,21). The molecule has 0 unspecified atom stereocenters. The van der Waals surface area contributed by atoms with Gasteiger partial charge in [-0.1, -0.05) is 12.1 Å². The molecule has 1 N–H and O–H groups in total. The predicted octanol–water partition coefficient (Wildman–Crippen LogP) is 4.26. The molecule has 0 aliphatic carbocycles. The molecule has 0 aliphatic rings. The fraction of sp³-hybridized carbons (Fsp3) is 0.400. The van der Waals surface area contributed by atoms with Crippen LogP contribution in [0.25, 0.3) is 10.9 Å². The van der Waals surface area contributed by atoms with E-state index in [0.29, 0.717) is 11.1 Å². The Hall–Kier alpha value is -1.98. The molecule has 1 aromatic carbocycles. The van der Waals surface area contributed by atoms with Crippen molar-refractivity contribution in [1.29, 1.82) is 0 Å². The second-order valence-corrected chi connectivity index (χ2v) is 5.23. The van der Waals surface area contributed by atoms with E-state index in [-0.39, 0.29) is 24.4 Å². The molecule has 1 aromatic heterocycles. The van der Waals surface area contributed by atoms with Crippen molar-refractivity contribution in [2.24, 2.45) is 0 Å². The normalized spacial score (nSPS) is 12.3. The summed E-state index contributed by atoms with van der Waals surface area (Å²) in [6, 6.07) is 5.51. The van der Waals surface area contributed by atoms with Gasteiger partial charge in [0.1, 0.15) is 0 Å². The van der Waals surface area contributed by atoms with E-state index in [2.05, 4.69) is 0 Å². The van der Waals surface area contributed by atoms with Crippen molar-refractivity contribution in [2.75, 3.05) is 0 Å². The van der Waals surface area contributed by atoms with Gasteiger partial charge in [0.2, 0.25) is 0 Å². The number of halogens is 3. The Labute approximate surface area is 120 Å². The van der Waals surface area contributed by atoms with E-state index in [1.54, 1.807) is 30.5 Å². The van der Waals surface area contributed by atoms with Crippen LogP contribution in [-0.4, -0.2) is 15.6 Å². The highest BCUT2D eigenvalue weighted by Crippen LogP contribution is 2.37. The van der Waals surface area contributed by atoms with Crippen LogP contribution in [0.5, 0.6) is 0 Å². The number of hydrogen-bond donors (Lipinski definition) is 1. The van der Waals surface area contributed by atoms with Gasteiger partial charge in [0.05, 0.1) is 17.5 Å². The first-order chi connectivity index (χ1) is 9.71. The average molecular weight is 299 g/mol. The van der Waals surface area contributed by atoms with Crippen molar-refractivity contribution in [3.8, 4) is 0 Å². The molecule has 6 heteroatoms. The van der Waals surface area contributed by atoms with Crippen molar-refractivity contribution >= 4 is 16.9 Å². The Morgan fingerprint density at radius 1 is 1.33 bits per heavy atom. The molecule has 0 bridgehead atoms. The highest BCUT2D eigenvalue weighted by molar-refractivity contribution is 5.85. The number of aliphatic carboxylic acids is 1. The average Bonchev–Trinajstić information content (AvgIpc) is 2.72. The number of carboxylic acid groups (broad SMARTS) is 1. The summed E-state index contributed by atoms with van der Waals surface area (Å²) in [5.41, 5.74) is 0.0507. The summed E-state index contributed by atoms with van der Waals surface area (Å²) in [7, 11) is 0. The third kappa shape index (κ3) is 3.04. The zero-order valence-electron chi connectivity index (χ0n) is 11.7. The van der Waals surface area contributed by atoms with Gasteiger partial charge >= 0.3 is 12.1 Å². The quantitative estimate of drug-likeness (QED) is 0.916. The number of alkyl halides is 3. The first-order valence-corrected chi connectivity index (χ1v) is 6.63. The molecule has 0 spiro atoms. The molecule has 0 amide bonds. The molecule has 21 heavy (non-hydrogen) atoms. The smallest absolute Gasteiger partial charge is 0.418 e. The van der Waals surface area contributed by atoms with E-state index >= 15 is 0 Å². The lowest BCUT2D eigenvalue weighted by Crippen LogP contribution is -2.12. The van der Waals surface area contributed by atoms with Gasteiger partial charge in [0.25, 0.3) is 0 Å². The molecule has 2 rings (SSSR count). The summed E-state index contributed by atoms with van der Waals surface area (Å²) < 4.78 is 41.1. The topological polar surface area (TPSA) is 42.2 Å². The number of carboxylic acids is 1. The van der Waals surface area contributed by atoms with Crippen LogP contribution in [0.15, 0.2) is 24.3 Å². The van der Waals surface area contributed by atoms with Gasteiger partial charge in [0.15, 0.2) is 0 Å². The zero-order valence-corrected chi connectivity index (χ0v) is 11.7. The number of rotatable bonds is 4. The number of benzene rings is 1. The molecule has 0 aliphatic heterocycles. The first kappa shape index (κ1) is 15.4. The van der Waals surface area contributed by atoms with Gasteiger partial charge in [-0.25, -0.2) is 0 Å². The predicted molar refractivity (Wildman–Crippen MR) is 73.3 cm³/mol. The molecule has 114 valence electrons. The van der Waals surface area contributed by atoms with Gasteiger partial charge in [-0.2, -0.15) is 13.2 Å². The number of fused-ring (bicyclic) bond motifs is 1. The van der Waals surface area contributed by atoms with Crippen LogP contribution in [0.2, 0.25) is 0 Å². The second-order valence-electron chi connectivity index (χ2n) is 5.23. The molecule has 0 radical (unpaired) electrons. The summed E-state index contributed by atoms with van der Waals surface area (Å²) in [6.45, 7) is 3.58. The van der Waals surface area contributed by atoms with Gasteiger partial charge in [0, 0.05) is 17.1 Å². The van der Waals surface area contributed by atoms with Crippen LogP contribution < -0.4 is 0 Å². The molecule has 0 fully saturated rings. The number of aryl methyl sites for hydroxylation is 1. The first-order valence-electron chi connectivity index (χ1n) is 6.63. The van der Waals surface area contributed by atoms with Crippen molar-refractivity contribution in [3.05, 3.63) is 35.5 Å². The van der Waals surface area contributed by atoms with Crippen molar-refractivity contribution in [1.82, 2.24) is 4.57 Å². The molecule has 1 heterocycles. The summed E-state index contributed by atoms with van der Waals surface area (Å²) in [4.78, 5) is 10.7. The minimum Gasteiger partial charge on any atom is -0.481 e. The highest BCUT2D eigenvalue weighted by Gasteiger charge is 2.34. The van der Waals surface area contributed by atoms with Crippen LogP contribution in [0, 0.1) is 0 Å². The third-order valence-corrected chi connectivity index (χ3v) is 3.36. The van der Waals surface area contributed by atoms with Crippen LogP contribution in [0.4, 0.5) is 13.2 Å². The number of nitrogens with zero attached hydrogens (tertiary/aromatic N) is 1. The highest BCUT2D eigenvalue weighted by atomic mass is 19.4. The van der Waals surface area contributed by atoms with E-state index in [1.807, 2.05) is 0 Å². The zero-order chi connectivity index (χ0) is 15.8. The van der Waals surface area contributed by atoms with E-state index in [4.69, 9.17) is 5.11 Å². The van der Waals surface area contributed by atoms with Crippen LogP contribution in [0.1, 0.15) is 37.6 Å². The fourth-order valence-electron chi connectivity index (χ4n) is 2.59. The maximum Gasteiger partial charge on any atom is 0.418 e. The van der Waals surface area contributed by atoms with Crippen molar-refractivity contribution in [3.63, 3.8) is 0 Å². The van der Waals surface area contributed by atoms with Gasteiger partial charge < -0.3 is 9.67 Å². The Balaban J connectivity index is 2.67. The molecular formula is C15H16F3NO2. The largest absolute Gasteiger partial charge is 0.481 e. The summed E-state index contributed by atoms with van der Waals surface area (Å²) in [5.74, 6) is -0.966. The number of hydrogen-bond acceptors (Lipinski definition) is 1.